The van der Waals surface area contributed by atoms with Crippen LogP contribution in [0.1, 0.15) is 30.2 Å². The lowest BCUT2D eigenvalue weighted by Crippen LogP contribution is -2.25. The highest BCUT2D eigenvalue weighted by molar-refractivity contribution is 7.99. The second kappa shape index (κ2) is 7.82. The van der Waals surface area contributed by atoms with Gasteiger partial charge in [0, 0.05) is 11.6 Å². The number of carbonyl (C=O) groups is 1. The molecule has 1 aromatic heterocycles. The number of ketones is 1. The molecule has 0 atom stereocenters. The van der Waals surface area contributed by atoms with Crippen molar-refractivity contribution in [1.29, 1.82) is 0 Å². The maximum atomic E-state index is 12.8. The Labute approximate surface area is 165 Å². The first-order chi connectivity index (χ1) is 12.4. The summed E-state index contributed by atoms with van der Waals surface area (Å²) in [5.74, 6) is 0.0430. The van der Waals surface area contributed by atoms with Gasteiger partial charge in [-0.1, -0.05) is 47.1 Å². The lowest BCUT2D eigenvalue weighted by Gasteiger charge is -2.15. The number of rotatable bonds is 5. The molecule has 0 bridgehead atoms. The normalized spacial score (nSPS) is 11.3. The van der Waals surface area contributed by atoms with Crippen LogP contribution in [0.4, 0.5) is 0 Å². The molecule has 0 spiro atoms. The van der Waals surface area contributed by atoms with Gasteiger partial charge in [-0.3, -0.25) is 14.2 Å². The molecule has 2 aromatic carbocycles. The van der Waals surface area contributed by atoms with Crippen molar-refractivity contribution in [2.24, 2.45) is 0 Å². The van der Waals surface area contributed by atoms with E-state index in [4.69, 9.17) is 23.2 Å². The Hall–Kier alpha value is -1.82. The van der Waals surface area contributed by atoms with Gasteiger partial charge in [-0.15, -0.1) is 0 Å². The van der Waals surface area contributed by atoms with Crippen LogP contribution in [0.25, 0.3) is 10.9 Å². The molecule has 0 aliphatic heterocycles. The van der Waals surface area contributed by atoms with E-state index in [1.165, 1.54) is 11.8 Å². The SMILES string of the molecule is CC(C)n1c(SCC(=O)c2ccc(Cl)c(Cl)c2)nc2ccccc2c1=O. The Balaban J connectivity index is 1.93. The summed E-state index contributed by atoms with van der Waals surface area (Å²) in [6.45, 7) is 3.84. The molecular weight excluding hydrogens is 391 g/mol. The average Bonchev–Trinajstić information content (AvgIpc) is 2.61. The second-order valence-corrected chi connectivity index (χ2v) is 7.78. The molecule has 0 radical (unpaired) electrons. The Morgan fingerprint density at radius 2 is 1.88 bits per heavy atom. The van der Waals surface area contributed by atoms with E-state index in [0.717, 1.165) is 0 Å². The maximum absolute atomic E-state index is 12.8. The molecule has 0 aliphatic carbocycles. The fourth-order valence-electron chi connectivity index (χ4n) is 2.57. The third-order valence-electron chi connectivity index (χ3n) is 3.87. The molecule has 0 unspecified atom stereocenters. The summed E-state index contributed by atoms with van der Waals surface area (Å²) < 4.78 is 1.62. The van der Waals surface area contributed by atoms with Crippen molar-refractivity contribution in [1.82, 2.24) is 9.55 Å². The van der Waals surface area contributed by atoms with Crippen molar-refractivity contribution in [2.75, 3.05) is 5.75 Å². The molecule has 3 aromatic rings. The molecular formula is C19H16Cl2N2O2S. The summed E-state index contributed by atoms with van der Waals surface area (Å²) in [7, 11) is 0. The Kier molecular flexibility index (Phi) is 5.70. The molecule has 0 amide bonds. The maximum Gasteiger partial charge on any atom is 0.262 e. The highest BCUT2D eigenvalue weighted by Crippen LogP contribution is 2.25. The first-order valence-corrected chi connectivity index (χ1v) is 9.75. The van der Waals surface area contributed by atoms with Crippen LogP contribution >= 0.6 is 35.0 Å². The van der Waals surface area contributed by atoms with Crippen LogP contribution in [0, 0.1) is 0 Å². The zero-order valence-corrected chi connectivity index (χ0v) is 16.5. The predicted molar refractivity (Wildman–Crippen MR) is 108 cm³/mol. The number of Topliss-reactive ketones (excluding diaryl/α,β-unsaturated/α-hetero) is 1. The summed E-state index contributed by atoms with van der Waals surface area (Å²) in [6.07, 6.45) is 0. The molecule has 0 N–H and O–H groups in total. The molecule has 0 fully saturated rings. The van der Waals surface area contributed by atoms with Crippen LogP contribution in [0.5, 0.6) is 0 Å². The highest BCUT2D eigenvalue weighted by Gasteiger charge is 2.16. The third kappa shape index (κ3) is 3.80. The van der Waals surface area contributed by atoms with Crippen molar-refractivity contribution >= 4 is 51.6 Å². The van der Waals surface area contributed by atoms with Gasteiger partial charge in [-0.05, 0) is 44.2 Å². The van der Waals surface area contributed by atoms with Crippen LogP contribution in [-0.4, -0.2) is 21.1 Å². The van der Waals surface area contributed by atoms with E-state index < -0.39 is 0 Å². The molecule has 26 heavy (non-hydrogen) atoms. The van der Waals surface area contributed by atoms with Gasteiger partial charge in [-0.25, -0.2) is 4.98 Å². The number of benzene rings is 2. The van der Waals surface area contributed by atoms with Crippen LogP contribution in [0.3, 0.4) is 0 Å². The van der Waals surface area contributed by atoms with Crippen LogP contribution in [-0.2, 0) is 0 Å². The fourth-order valence-corrected chi connectivity index (χ4v) is 3.89. The van der Waals surface area contributed by atoms with E-state index in [1.54, 1.807) is 34.9 Å². The van der Waals surface area contributed by atoms with Crippen LogP contribution < -0.4 is 5.56 Å². The summed E-state index contributed by atoms with van der Waals surface area (Å²) in [6, 6.07) is 11.9. The number of hydrogen-bond donors (Lipinski definition) is 0. The fraction of sp³-hybridized carbons (Fsp3) is 0.211. The molecule has 0 aliphatic rings. The van der Waals surface area contributed by atoms with E-state index in [2.05, 4.69) is 4.98 Å². The Bertz CT molecular complexity index is 1050. The molecule has 3 rings (SSSR count). The second-order valence-electron chi connectivity index (χ2n) is 6.02. The quantitative estimate of drug-likeness (QED) is 0.329. The van der Waals surface area contributed by atoms with Gasteiger partial charge in [0.25, 0.3) is 5.56 Å². The van der Waals surface area contributed by atoms with Gasteiger partial charge in [0.2, 0.25) is 0 Å². The number of thioether (sulfide) groups is 1. The Morgan fingerprint density at radius 1 is 1.15 bits per heavy atom. The minimum Gasteiger partial charge on any atom is -0.293 e. The van der Waals surface area contributed by atoms with Crippen molar-refractivity contribution in [3.05, 3.63) is 68.4 Å². The van der Waals surface area contributed by atoms with Gasteiger partial charge in [0.05, 0.1) is 26.7 Å². The van der Waals surface area contributed by atoms with Gasteiger partial charge < -0.3 is 0 Å². The first kappa shape index (κ1) is 19.0. The lowest BCUT2D eigenvalue weighted by molar-refractivity contribution is 0.102. The van der Waals surface area contributed by atoms with E-state index in [1.807, 2.05) is 26.0 Å². The minimum atomic E-state index is -0.105. The van der Waals surface area contributed by atoms with E-state index in [0.29, 0.717) is 31.7 Å². The monoisotopic (exact) mass is 406 g/mol. The number of carbonyl (C=O) groups excluding carboxylic acids is 1. The van der Waals surface area contributed by atoms with Crippen molar-refractivity contribution in [3.63, 3.8) is 0 Å². The number of nitrogens with zero attached hydrogens (tertiary/aromatic N) is 2. The topological polar surface area (TPSA) is 52.0 Å². The summed E-state index contributed by atoms with van der Waals surface area (Å²) in [5.41, 5.74) is 1.00. The van der Waals surface area contributed by atoms with E-state index in [-0.39, 0.29) is 23.1 Å². The molecule has 0 saturated carbocycles. The minimum absolute atomic E-state index is 0.0674. The van der Waals surface area contributed by atoms with Crippen LogP contribution in [0.2, 0.25) is 10.0 Å². The van der Waals surface area contributed by atoms with Gasteiger partial charge in [0.1, 0.15) is 0 Å². The summed E-state index contributed by atoms with van der Waals surface area (Å²) in [4.78, 5) is 29.8. The van der Waals surface area contributed by atoms with Crippen molar-refractivity contribution in [3.8, 4) is 0 Å². The summed E-state index contributed by atoms with van der Waals surface area (Å²) >= 11 is 13.1. The Morgan fingerprint density at radius 3 is 2.58 bits per heavy atom. The molecule has 1 heterocycles. The average molecular weight is 407 g/mol. The summed E-state index contributed by atoms with van der Waals surface area (Å²) in [5, 5.41) is 1.84. The largest absolute Gasteiger partial charge is 0.293 e. The van der Waals surface area contributed by atoms with Gasteiger partial charge in [-0.2, -0.15) is 0 Å². The van der Waals surface area contributed by atoms with Gasteiger partial charge in [0.15, 0.2) is 10.9 Å². The zero-order chi connectivity index (χ0) is 18.8. The number of aromatic nitrogens is 2. The number of para-hydroxylation sites is 1. The first-order valence-electron chi connectivity index (χ1n) is 8.01. The highest BCUT2D eigenvalue weighted by atomic mass is 35.5. The van der Waals surface area contributed by atoms with Crippen molar-refractivity contribution in [2.45, 2.75) is 25.0 Å². The number of halogens is 2. The van der Waals surface area contributed by atoms with Gasteiger partial charge >= 0.3 is 0 Å². The number of hydrogen-bond acceptors (Lipinski definition) is 4. The standard InChI is InChI=1S/C19H16Cl2N2O2S/c1-11(2)23-18(25)13-5-3-4-6-16(13)22-19(23)26-10-17(24)12-7-8-14(20)15(21)9-12/h3-9,11H,10H2,1-2H3. The van der Waals surface area contributed by atoms with Crippen LogP contribution in [0.15, 0.2) is 52.4 Å². The molecule has 7 heteroatoms. The third-order valence-corrected chi connectivity index (χ3v) is 5.56. The smallest absolute Gasteiger partial charge is 0.262 e. The van der Waals surface area contributed by atoms with Crippen molar-refractivity contribution < 1.29 is 4.79 Å². The zero-order valence-electron chi connectivity index (χ0n) is 14.2. The van der Waals surface area contributed by atoms with E-state index in [9.17, 15) is 9.59 Å². The predicted octanol–water partition coefficient (Wildman–Crippen LogP) is 5.26. The van der Waals surface area contributed by atoms with E-state index >= 15 is 0 Å². The molecule has 0 saturated heterocycles. The molecule has 4 nitrogen and oxygen atoms in total. The number of fused-ring (bicyclic) bond motifs is 1. The lowest BCUT2D eigenvalue weighted by atomic mass is 10.1. The molecule has 134 valence electrons.